The summed E-state index contributed by atoms with van der Waals surface area (Å²) in [7, 11) is 0.909. The van der Waals surface area contributed by atoms with Gasteiger partial charge in [-0.1, -0.05) is 42.5 Å². The van der Waals surface area contributed by atoms with Gasteiger partial charge in [-0.15, -0.1) is 0 Å². The Morgan fingerprint density at radius 2 is 1.45 bits per heavy atom. The lowest BCUT2D eigenvalue weighted by Crippen LogP contribution is -2.26. The summed E-state index contributed by atoms with van der Waals surface area (Å²) >= 11 is 0. The van der Waals surface area contributed by atoms with Crippen LogP contribution < -0.4 is 15.3 Å². The molecule has 0 N–H and O–H groups in total. The van der Waals surface area contributed by atoms with Crippen molar-refractivity contribution in [2.45, 2.75) is 26.4 Å². The molecule has 0 aliphatic carbocycles. The lowest BCUT2D eigenvalue weighted by atomic mass is 10.2. The van der Waals surface area contributed by atoms with Gasteiger partial charge in [-0.25, -0.2) is 0 Å². The molecule has 1 atom stereocenters. The number of benzene rings is 2. The molecule has 0 aromatic heterocycles. The summed E-state index contributed by atoms with van der Waals surface area (Å²) in [6.07, 6.45) is 0. The van der Waals surface area contributed by atoms with Crippen molar-refractivity contribution in [3.05, 3.63) is 54.6 Å². The van der Waals surface area contributed by atoms with Gasteiger partial charge in [0.05, 0.1) is 8.15 Å². The standard InChI is InChI=1S/C17H21O2P/c1-17(2,3)19-15-12-8-9-13-16(15)20(18-4)14-10-6-5-7-11-14/h5-13H,1-4H3. The monoisotopic (exact) mass is 288 g/mol. The average Bonchev–Trinajstić information content (AvgIpc) is 2.41. The van der Waals surface area contributed by atoms with Crippen molar-refractivity contribution in [3.63, 3.8) is 0 Å². The molecule has 2 aromatic rings. The molecule has 2 rings (SSSR count). The van der Waals surface area contributed by atoms with Crippen molar-refractivity contribution < 1.29 is 9.26 Å². The first kappa shape index (κ1) is 15.0. The molecule has 0 heterocycles. The van der Waals surface area contributed by atoms with E-state index in [1.807, 2.05) is 36.4 Å². The second-order valence-electron chi connectivity index (χ2n) is 5.49. The second kappa shape index (κ2) is 6.39. The molecule has 0 bridgehead atoms. The quantitative estimate of drug-likeness (QED) is 0.795. The molecule has 3 heteroatoms. The molecule has 0 radical (unpaired) electrons. The van der Waals surface area contributed by atoms with Crippen LogP contribution in [0.25, 0.3) is 0 Å². The third kappa shape index (κ3) is 3.82. The highest BCUT2D eigenvalue weighted by atomic mass is 31.1. The van der Waals surface area contributed by atoms with Gasteiger partial charge in [0, 0.05) is 17.7 Å². The number of hydrogen-bond donors (Lipinski definition) is 0. The van der Waals surface area contributed by atoms with E-state index in [2.05, 4.69) is 39.0 Å². The summed E-state index contributed by atoms with van der Waals surface area (Å²) in [5, 5.41) is 2.31. The van der Waals surface area contributed by atoms with Gasteiger partial charge in [-0.2, -0.15) is 0 Å². The first-order valence-corrected chi connectivity index (χ1v) is 7.94. The predicted molar refractivity (Wildman–Crippen MR) is 86.5 cm³/mol. The Morgan fingerprint density at radius 3 is 2.05 bits per heavy atom. The van der Waals surface area contributed by atoms with Crippen LogP contribution >= 0.6 is 8.15 Å². The van der Waals surface area contributed by atoms with Crippen LogP contribution in [-0.2, 0) is 4.52 Å². The van der Waals surface area contributed by atoms with Gasteiger partial charge in [-0.05, 0) is 32.9 Å². The normalized spacial score (nSPS) is 13.0. The van der Waals surface area contributed by atoms with Crippen LogP contribution in [-0.4, -0.2) is 12.7 Å². The summed E-state index contributed by atoms with van der Waals surface area (Å²) in [4.78, 5) is 0. The van der Waals surface area contributed by atoms with Gasteiger partial charge in [0.1, 0.15) is 11.4 Å². The van der Waals surface area contributed by atoms with E-state index in [-0.39, 0.29) is 5.60 Å². The maximum atomic E-state index is 6.07. The minimum absolute atomic E-state index is 0.221. The Kier molecular flexibility index (Phi) is 4.80. The van der Waals surface area contributed by atoms with E-state index in [0.717, 1.165) is 11.1 Å². The lowest BCUT2D eigenvalue weighted by molar-refractivity contribution is 0.132. The van der Waals surface area contributed by atoms with Crippen molar-refractivity contribution in [1.82, 2.24) is 0 Å². The van der Waals surface area contributed by atoms with Gasteiger partial charge >= 0.3 is 0 Å². The number of para-hydroxylation sites is 1. The fourth-order valence-electron chi connectivity index (χ4n) is 1.95. The number of hydrogen-bond acceptors (Lipinski definition) is 2. The minimum atomic E-state index is -0.847. The SMILES string of the molecule is COP(c1ccccc1)c1ccccc1OC(C)(C)C. The van der Waals surface area contributed by atoms with Gasteiger partial charge in [0.15, 0.2) is 0 Å². The first-order chi connectivity index (χ1) is 9.51. The van der Waals surface area contributed by atoms with Crippen LogP contribution in [0.1, 0.15) is 20.8 Å². The Morgan fingerprint density at radius 1 is 0.850 bits per heavy atom. The Labute approximate surface area is 122 Å². The van der Waals surface area contributed by atoms with E-state index in [9.17, 15) is 0 Å². The highest BCUT2D eigenvalue weighted by Gasteiger charge is 2.21. The second-order valence-corrected chi connectivity index (χ2v) is 7.45. The molecule has 0 amide bonds. The highest BCUT2D eigenvalue weighted by molar-refractivity contribution is 7.68. The Hall–Kier alpha value is -1.37. The topological polar surface area (TPSA) is 18.5 Å². The van der Waals surface area contributed by atoms with E-state index in [1.54, 1.807) is 7.11 Å². The molecule has 2 nitrogen and oxygen atoms in total. The molecule has 0 spiro atoms. The Balaban J connectivity index is 2.40. The maximum absolute atomic E-state index is 6.07. The van der Waals surface area contributed by atoms with Crippen molar-refractivity contribution in [3.8, 4) is 5.75 Å². The lowest BCUT2D eigenvalue weighted by Gasteiger charge is -2.25. The fraction of sp³-hybridized carbons (Fsp3) is 0.294. The summed E-state index contributed by atoms with van der Waals surface area (Å²) in [6.45, 7) is 6.17. The maximum Gasteiger partial charge on any atom is 0.130 e. The molecule has 0 saturated carbocycles. The van der Waals surface area contributed by atoms with Crippen LogP contribution in [0.4, 0.5) is 0 Å². The zero-order chi connectivity index (χ0) is 14.6. The van der Waals surface area contributed by atoms with Crippen LogP contribution in [0.2, 0.25) is 0 Å². The molecule has 0 saturated heterocycles. The third-order valence-electron chi connectivity index (χ3n) is 2.67. The molecule has 2 aromatic carbocycles. The summed E-state index contributed by atoms with van der Waals surface area (Å²) in [6, 6.07) is 18.4. The largest absolute Gasteiger partial charge is 0.487 e. The van der Waals surface area contributed by atoms with E-state index in [4.69, 9.17) is 9.26 Å². The van der Waals surface area contributed by atoms with Crippen molar-refractivity contribution >= 4 is 18.8 Å². The van der Waals surface area contributed by atoms with Gasteiger partial charge in [0.25, 0.3) is 0 Å². The molecule has 0 aliphatic heterocycles. The van der Waals surface area contributed by atoms with Crippen molar-refractivity contribution in [2.24, 2.45) is 0 Å². The zero-order valence-corrected chi connectivity index (χ0v) is 13.4. The van der Waals surface area contributed by atoms with Gasteiger partial charge < -0.3 is 9.26 Å². The molecule has 106 valence electrons. The van der Waals surface area contributed by atoms with E-state index in [0.29, 0.717) is 0 Å². The highest BCUT2D eigenvalue weighted by Crippen LogP contribution is 2.37. The van der Waals surface area contributed by atoms with Crippen molar-refractivity contribution in [1.29, 1.82) is 0 Å². The number of rotatable bonds is 4. The van der Waals surface area contributed by atoms with E-state index in [1.165, 1.54) is 5.30 Å². The zero-order valence-electron chi connectivity index (χ0n) is 12.5. The average molecular weight is 288 g/mol. The molecule has 0 fully saturated rings. The van der Waals surface area contributed by atoms with Gasteiger partial charge in [0.2, 0.25) is 0 Å². The molecular weight excluding hydrogens is 267 g/mol. The van der Waals surface area contributed by atoms with Crippen LogP contribution in [0.15, 0.2) is 54.6 Å². The minimum Gasteiger partial charge on any atom is -0.487 e. The summed E-state index contributed by atoms with van der Waals surface area (Å²) in [5.74, 6) is 0.900. The predicted octanol–water partition coefficient (Wildman–Crippen LogP) is 3.86. The third-order valence-corrected chi connectivity index (χ3v) is 4.61. The molecule has 1 unspecified atom stereocenters. The van der Waals surface area contributed by atoms with Crippen molar-refractivity contribution in [2.75, 3.05) is 7.11 Å². The van der Waals surface area contributed by atoms with Gasteiger partial charge in [-0.3, -0.25) is 0 Å². The molecule has 20 heavy (non-hydrogen) atoms. The molecular formula is C17H21O2P. The fourth-order valence-corrected chi connectivity index (χ4v) is 3.62. The van der Waals surface area contributed by atoms with E-state index >= 15 is 0 Å². The summed E-state index contributed by atoms with van der Waals surface area (Å²) in [5.41, 5.74) is -0.221. The van der Waals surface area contributed by atoms with Crippen LogP contribution in [0.3, 0.4) is 0 Å². The Bertz CT molecular complexity index is 546. The number of ether oxygens (including phenoxy) is 1. The van der Waals surface area contributed by atoms with Crippen LogP contribution in [0.5, 0.6) is 5.75 Å². The van der Waals surface area contributed by atoms with Crippen LogP contribution in [0, 0.1) is 0 Å². The first-order valence-electron chi connectivity index (χ1n) is 6.68. The molecule has 0 aliphatic rings. The van der Waals surface area contributed by atoms with E-state index < -0.39 is 8.15 Å². The summed E-state index contributed by atoms with van der Waals surface area (Å²) < 4.78 is 11.8. The smallest absolute Gasteiger partial charge is 0.130 e.